The van der Waals surface area contributed by atoms with E-state index in [0.29, 0.717) is 22.0 Å². The molecule has 0 aliphatic heterocycles. The number of aryl methyl sites for hydroxylation is 1. The number of benzene rings is 1. The molecular formula is C15H15N5O3S2. The van der Waals surface area contributed by atoms with Crippen molar-refractivity contribution in [2.24, 2.45) is 0 Å². The minimum atomic E-state index is -0.204. The zero-order valence-corrected chi connectivity index (χ0v) is 15.2. The van der Waals surface area contributed by atoms with Crippen molar-refractivity contribution in [2.75, 3.05) is 18.2 Å². The number of rotatable bonds is 7. The van der Waals surface area contributed by atoms with Gasteiger partial charge in [-0.25, -0.2) is 0 Å². The summed E-state index contributed by atoms with van der Waals surface area (Å²) in [4.78, 5) is 11.9. The van der Waals surface area contributed by atoms with Gasteiger partial charge in [-0.15, -0.1) is 20.4 Å². The highest BCUT2D eigenvalue weighted by atomic mass is 32.2. The third-order valence-corrected chi connectivity index (χ3v) is 4.87. The minimum absolute atomic E-state index is 0.140. The molecule has 0 atom stereocenters. The first-order valence-electron chi connectivity index (χ1n) is 7.41. The van der Waals surface area contributed by atoms with Gasteiger partial charge in [0.1, 0.15) is 10.8 Å². The van der Waals surface area contributed by atoms with Gasteiger partial charge in [0.25, 0.3) is 5.22 Å². The van der Waals surface area contributed by atoms with Crippen LogP contribution < -0.4 is 10.1 Å². The molecule has 0 fully saturated rings. The topological polar surface area (TPSA) is 103 Å². The van der Waals surface area contributed by atoms with Crippen molar-refractivity contribution in [3.05, 3.63) is 29.3 Å². The molecule has 3 rings (SSSR count). The molecule has 130 valence electrons. The Morgan fingerprint density at radius 1 is 1.32 bits per heavy atom. The Kier molecular flexibility index (Phi) is 5.61. The van der Waals surface area contributed by atoms with Crippen molar-refractivity contribution >= 4 is 34.1 Å². The molecule has 2 aromatic heterocycles. The lowest BCUT2D eigenvalue weighted by Crippen LogP contribution is -2.13. The quantitative estimate of drug-likeness (QED) is 0.627. The lowest BCUT2D eigenvalue weighted by atomic mass is 10.2. The summed E-state index contributed by atoms with van der Waals surface area (Å²) in [6, 6.07) is 7.32. The molecule has 8 nitrogen and oxygen atoms in total. The van der Waals surface area contributed by atoms with E-state index in [1.807, 2.05) is 25.1 Å². The van der Waals surface area contributed by atoms with Gasteiger partial charge in [0.05, 0.1) is 12.9 Å². The molecule has 10 heteroatoms. The molecule has 3 aromatic rings. The number of hydrogen-bond acceptors (Lipinski definition) is 9. The number of nitrogens with one attached hydrogen (secondary N) is 1. The Labute approximate surface area is 152 Å². The number of amides is 1. The van der Waals surface area contributed by atoms with Crippen LogP contribution in [0, 0.1) is 0 Å². The van der Waals surface area contributed by atoms with E-state index in [-0.39, 0.29) is 11.7 Å². The van der Waals surface area contributed by atoms with Crippen LogP contribution in [0.3, 0.4) is 0 Å². The lowest BCUT2D eigenvalue weighted by Gasteiger charge is -2.00. The van der Waals surface area contributed by atoms with E-state index in [9.17, 15) is 4.79 Å². The van der Waals surface area contributed by atoms with Crippen LogP contribution in [0.4, 0.5) is 5.13 Å². The van der Waals surface area contributed by atoms with Crippen LogP contribution in [-0.4, -0.2) is 39.2 Å². The number of ether oxygens (including phenoxy) is 1. The smallest absolute Gasteiger partial charge is 0.277 e. The van der Waals surface area contributed by atoms with E-state index in [1.165, 1.54) is 11.3 Å². The predicted molar refractivity (Wildman–Crippen MR) is 94.9 cm³/mol. The fourth-order valence-electron chi connectivity index (χ4n) is 1.87. The minimum Gasteiger partial charge on any atom is -0.497 e. The van der Waals surface area contributed by atoms with Crippen LogP contribution in [0.5, 0.6) is 5.75 Å². The number of hydrogen-bond donors (Lipinski definition) is 1. The zero-order chi connectivity index (χ0) is 17.6. The van der Waals surface area contributed by atoms with E-state index in [1.54, 1.807) is 13.2 Å². The van der Waals surface area contributed by atoms with Crippen molar-refractivity contribution in [3.63, 3.8) is 0 Å². The predicted octanol–water partition coefficient (Wildman–Crippen LogP) is 2.89. The van der Waals surface area contributed by atoms with Gasteiger partial charge in [-0.05, 0) is 24.6 Å². The Morgan fingerprint density at radius 3 is 2.96 bits per heavy atom. The highest BCUT2D eigenvalue weighted by Gasteiger charge is 2.13. The second-order valence-corrected chi connectivity index (χ2v) is 6.79. The van der Waals surface area contributed by atoms with E-state index < -0.39 is 0 Å². The average Bonchev–Trinajstić information content (AvgIpc) is 3.29. The van der Waals surface area contributed by atoms with Gasteiger partial charge in [0, 0.05) is 5.56 Å². The molecule has 0 radical (unpaired) electrons. The van der Waals surface area contributed by atoms with E-state index in [4.69, 9.17) is 9.15 Å². The summed E-state index contributed by atoms with van der Waals surface area (Å²) in [7, 11) is 1.59. The van der Waals surface area contributed by atoms with Gasteiger partial charge < -0.3 is 9.15 Å². The van der Waals surface area contributed by atoms with Crippen LogP contribution >= 0.6 is 23.1 Å². The van der Waals surface area contributed by atoms with Gasteiger partial charge in [-0.3, -0.25) is 10.1 Å². The molecular weight excluding hydrogens is 362 g/mol. The Bertz CT molecular complexity index is 864. The average molecular weight is 377 g/mol. The molecule has 25 heavy (non-hydrogen) atoms. The molecule has 0 aliphatic rings. The zero-order valence-electron chi connectivity index (χ0n) is 13.6. The number of anilines is 1. The summed E-state index contributed by atoms with van der Waals surface area (Å²) in [5.74, 6) is 1.01. The van der Waals surface area contributed by atoms with E-state index in [0.717, 1.165) is 28.8 Å². The second-order valence-electron chi connectivity index (χ2n) is 4.80. The van der Waals surface area contributed by atoms with Crippen LogP contribution in [0.2, 0.25) is 0 Å². The molecule has 0 aliphatic carbocycles. The van der Waals surface area contributed by atoms with Crippen LogP contribution in [0.25, 0.3) is 11.5 Å². The first-order chi connectivity index (χ1) is 12.2. The summed E-state index contributed by atoms with van der Waals surface area (Å²) >= 11 is 2.52. The highest BCUT2D eigenvalue weighted by molar-refractivity contribution is 7.99. The Morgan fingerprint density at radius 2 is 2.20 bits per heavy atom. The number of nitrogens with zero attached hydrogens (tertiary/aromatic N) is 4. The van der Waals surface area contributed by atoms with Crippen molar-refractivity contribution in [1.29, 1.82) is 0 Å². The third kappa shape index (κ3) is 4.54. The van der Waals surface area contributed by atoms with Gasteiger partial charge in [0.15, 0.2) is 0 Å². The molecule has 2 heterocycles. The summed E-state index contributed by atoms with van der Waals surface area (Å²) in [6.07, 6.45) is 0.789. The summed E-state index contributed by atoms with van der Waals surface area (Å²) in [6.45, 7) is 1.98. The van der Waals surface area contributed by atoms with Gasteiger partial charge in [-0.1, -0.05) is 36.1 Å². The number of carbonyl (C=O) groups is 1. The number of aromatic nitrogens is 4. The molecule has 1 amide bonds. The van der Waals surface area contributed by atoms with E-state index in [2.05, 4.69) is 25.7 Å². The van der Waals surface area contributed by atoms with Crippen molar-refractivity contribution < 1.29 is 13.9 Å². The summed E-state index contributed by atoms with van der Waals surface area (Å²) in [5.41, 5.74) is 0.754. The van der Waals surface area contributed by atoms with Gasteiger partial charge in [0.2, 0.25) is 16.9 Å². The molecule has 0 saturated heterocycles. The van der Waals surface area contributed by atoms with Crippen molar-refractivity contribution in [2.45, 2.75) is 18.6 Å². The first-order valence-corrected chi connectivity index (χ1v) is 9.21. The maximum atomic E-state index is 11.9. The molecule has 0 saturated carbocycles. The number of thioether (sulfide) groups is 1. The molecule has 1 aromatic carbocycles. The maximum absolute atomic E-state index is 11.9. The maximum Gasteiger partial charge on any atom is 0.277 e. The largest absolute Gasteiger partial charge is 0.497 e. The van der Waals surface area contributed by atoms with Crippen molar-refractivity contribution in [1.82, 2.24) is 20.4 Å². The van der Waals surface area contributed by atoms with Crippen LogP contribution in [0.1, 0.15) is 11.9 Å². The normalized spacial score (nSPS) is 10.6. The monoisotopic (exact) mass is 377 g/mol. The first kappa shape index (κ1) is 17.4. The van der Waals surface area contributed by atoms with Gasteiger partial charge >= 0.3 is 0 Å². The third-order valence-electron chi connectivity index (χ3n) is 3.07. The number of methoxy groups -OCH3 is 1. The Balaban J connectivity index is 1.56. The van der Waals surface area contributed by atoms with Crippen LogP contribution in [-0.2, 0) is 11.2 Å². The molecule has 1 N–H and O–H groups in total. The molecule has 0 unspecified atom stereocenters. The lowest BCUT2D eigenvalue weighted by molar-refractivity contribution is -0.113. The standard InChI is InChI=1S/C15H15N5O3S2/c1-3-12-17-19-14(25-12)16-11(21)8-24-15-20-18-13(23-15)9-5-4-6-10(7-9)22-2/h4-7H,3,8H2,1-2H3,(H,16,19,21). The fraction of sp³-hybridized carbons (Fsp3) is 0.267. The SMILES string of the molecule is CCc1nnc(NC(=O)CSc2nnc(-c3cccc(OC)c3)o2)s1. The molecule has 0 spiro atoms. The second kappa shape index (κ2) is 8.08. The Hall–Kier alpha value is -2.46. The summed E-state index contributed by atoms with van der Waals surface area (Å²) < 4.78 is 10.7. The number of carbonyl (C=O) groups excluding carboxylic acids is 1. The summed E-state index contributed by atoms with van der Waals surface area (Å²) in [5, 5.41) is 20.2. The van der Waals surface area contributed by atoms with Crippen molar-refractivity contribution in [3.8, 4) is 17.2 Å². The highest BCUT2D eigenvalue weighted by Crippen LogP contribution is 2.26. The molecule has 0 bridgehead atoms. The van der Waals surface area contributed by atoms with Gasteiger partial charge in [-0.2, -0.15) is 0 Å². The van der Waals surface area contributed by atoms with Crippen LogP contribution in [0.15, 0.2) is 33.9 Å². The fourth-order valence-corrected chi connectivity index (χ4v) is 3.13. The van der Waals surface area contributed by atoms with E-state index >= 15 is 0 Å².